The van der Waals surface area contributed by atoms with Crippen molar-refractivity contribution < 1.29 is 0 Å². The van der Waals surface area contributed by atoms with E-state index in [0.29, 0.717) is 11.3 Å². The quantitative estimate of drug-likeness (QED) is 0.731. The van der Waals surface area contributed by atoms with Crippen molar-refractivity contribution in [1.29, 1.82) is 0 Å². The zero-order valence-electron chi connectivity index (χ0n) is 9.46. The first-order valence-corrected chi connectivity index (χ1v) is 5.22. The Bertz CT molecular complexity index is 319. The SMILES string of the molecule is Cc1cc([C@@H]2CNCC2(C)C)nn1C. The van der Waals surface area contributed by atoms with E-state index in [1.807, 2.05) is 11.7 Å². The van der Waals surface area contributed by atoms with Gasteiger partial charge in [-0.15, -0.1) is 0 Å². The van der Waals surface area contributed by atoms with Gasteiger partial charge in [-0.2, -0.15) is 5.10 Å². The van der Waals surface area contributed by atoms with E-state index in [4.69, 9.17) is 0 Å². The van der Waals surface area contributed by atoms with Crippen LogP contribution in [0.5, 0.6) is 0 Å². The van der Waals surface area contributed by atoms with Gasteiger partial charge >= 0.3 is 0 Å². The van der Waals surface area contributed by atoms with Crippen LogP contribution >= 0.6 is 0 Å². The molecule has 1 aromatic heterocycles. The van der Waals surface area contributed by atoms with E-state index in [1.165, 1.54) is 11.4 Å². The standard InChI is InChI=1S/C11H19N3/c1-8-5-10(13-14(8)4)9-6-12-7-11(9,2)3/h5,9,12H,6-7H2,1-4H3/t9-/m0/s1. The highest BCUT2D eigenvalue weighted by molar-refractivity contribution is 5.18. The molecule has 0 aromatic carbocycles. The molecule has 0 unspecified atom stereocenters. The molecule has 1 saturated heterocycles. The number of nitrogens with zero attached hydrogens (tertiary/aromatic N) is 2. The van der Waals surface area contributed by atoms with Crippen LogP contribution in [0.4, 0.5) is 0 Å². The maximum Gasteiger partial charge on any atom is 0.0676 e. The molecular formula is C11H19N3. The van der Waals surface area contributed by atoms with Gasteiger partial charge in [0.2, 0.25) is 0 Å². The van der Waals surface area contributed by atoms with E-state index in [0.717, 1.165) is 13.1 Å². The van der Waals surface area contributed by atoms with Gasteiger partial charge in [0.15, 0.2) is 0 Å². The summed E-state index contributed by atoms with van der Waals surface area (Å²) in [5.41, 5.74) is 2.81. The minimum absolute atomic E-state index is 0.334. The first-order chi connectivity index (χ1) is 6.50. The maximum atomic E-state index is 4.56. The van der Waals surface area contributed by atoms with Gasteiger partial charge in [-0.1, -0.05) is 13.8 Å². The number of hydrogen-bond donors (Lipinski definition) is 1. The summed E-state index contributed by atoms with van der Waals surface area (Å²) in [5, 5.41) is 8.01. The highest BCUT2D eigenvalue weighted by Crippen LogP contribution is 2.37. The first kappa shape index (κ1) is 9.71. The number of aryl methyl sites for hydroxylation is 2. The van der Waals surface area contributed by atoms with E-state index in [-0.39, 0.29) is 0 Å². The molecule has 1 N–H and O–H groups in total. The first-order valence-electron chi connectivity index (χ1n) is 5.22. The fourth-order valence-corrected chi connectivity index (χ4v) is 2.20. The van der Waals surface area contributed by atoms with Crippen LogP contribution in [0.1, 0.15) is 31.2 Å². The van der Waals surface area contributed by atoms with Crippen molar-refractivity contribution in [2.75, 3.05) is 13.1 Å². The number of nitrogens with one attached hydrogen (secondary N) is 1. The van der Waals surface area contributed by atoms with E-state index in [1.54, 1.807) is 0 Å². The molecule has 3 heteroatoms. The van der Waals surface area contributed by atoms with E-state index >= 15 is 0 Å². The lowest BCUT2D eigenvalue weighted by atomic mass is 9.80. The van der Waals surface area contributed by atoms with Gasteiger partial charge in [-0.3, -0.25) is 4.68 Å². The van der Waals surface area contributed by atoms with Gasteiger partial charge in [-0.05, 0) is 18.4 Å². The Morgan fingerprint density at radius 1 is 1.57 bits per heavy atom. The number of rotatable bonds is 1. The molecule has 0 saturated carbocycles. The third kappa shape index (κ3) is 1.46. The minimum Gasteiger partial charge on any atom is -0.315 e. The Morgan fingerprint density at radius 2 is 2.29 bits per heavy atom. The van der Waals surface area contributed by atoms with Crippen LogP contribution in [0, 0.1) is 12.3 Å². The Balaban J connectivity index is 2.31. The van der Waals surface area contributed by atoms with Crippen molar-refractivity contribution in [1.82, 2.24) is 15.1 Å². The van der Waals surface area contributed by atoms with Crippen molar-refractivity contribution in [2.24, 2.45) is 12.5 Å². The minimum atomic E-state index is 0.334. The molecule has 0 bridgehead atoms. The van der Waals surface area contributed by atoms with E-state index in [2.05, 4.69) is 37.3 Å². The van der Waals surface area contributed by atoms with Crippen molar-refractivity contribution in [3.05, 3.63) is 17.5 Å². The summed E-state index contributed by atoms with van der Waals surface area (Å²) < 4.78 is 1.96. The van der Waals surface area contributed by atoms with Crippen LogP contribution in [0.25, 0.3) is 0 Å². The highest BCUT2D eigenvalue weighted by atomic mass is 15.3. The van der Waals surface area contributed by atoms with Crippen molar-refractivity contribution >= 4 is 0 Å². The zero-order chi connectivity index (χ0) is 10.3. The fourth-order valence-electron chi connectivity index (χ4n) is 2.20. The summed E-state index contributed by atoms with van der Waals surface area (Å²) in [5.74, 6) is 0.558. The Labute approximate surface area is 85.5 Å². The predicted octanol–water partition coefficient (Wildman–Crippen LogP) is 1.44. The molecule has 14 heavy (non-hydrogen) atoms. The average Bonchev–Trinajstić information content (AvgIpc) is 2.56. The lowest BCUT2D eigenvalue weighted by Gasteiger charge is -2.23. The molecule has 1 atom stereocenters. The monoisotopic (exact) mass is 193 g/mol. The summed E-state index contributed by atoms with van der Waals surface area (Å²) in [4.78, 5) is 0. The van der Waals surface area contributed by atoms with Gasteiger partial charge < -0.3 is 5.32 Å². The molecule has 2 heterocycles. The molecule has 3 nitrogen and oxygen atoms in total. The fraction of sp³-hybridized carbons (Fsp3) is 0.727. The second kappa shape index (κ2) is 3.09. The lowest BCUT2D eigenvalue weighted by Crippen LogP contribution is -2.21. The highest BCUT2D eigenvalue weighted by Gasteiger charge is 2.36. The van der Waals surface area contributed by atoms with Gasteiger partial charge in [0.25, 0.3) is 0 Å². The summed E-state index contributed by atoms with van der Waals surface area (Å²) >= 11 is 0. The van der Waals surface area contributed by atoms with Gasteiger partial charge in [-0.25, -0.2) is 0 Å². The molecule has 1 aliphatic rings. The Morgan fingerprint density at radius 3 is 2.71 bits per heavy atom. The Kier molecular flexibility index (Phi) is 2.14. The second-order valence-corrected chi connectivity index (χ2v) is 5.01. The van der Waals surface area contributed by atoms with Crippen LogP contribution in [0.15, 0.2) is 6.07 Å². The molecule has 0 spiro atoms. The second-order valence-electron chi connectivity index (χ2n) is 5.01. The van der Waals surface area contributed by atoms with Gasteiger partial charge in [0.05, 0.1) is 5.69 Å². The van der Waals surface area contributed by atoms with Crippen molar-refractivity contribution in [3.8, 4) is 0 Å². The molecule has 1 aliphatic heterocycles. The summed E-state index contributed by atoms with van der Waals surface area (Å²) in [6.07, 6.45) is 0. The smallest absolute Gasteiger partial charge is 0.0676 e. The molecule has 0 radical (unpaired) electrons. The van der Waals surface area contributed by atoms with Crippen molar-refractivity contribution in [3.63, 3.8) is 0 Å². The summed E-state index contributed by atoms with van der Waals surface area (Å²) in [6.45, 7) is 8.87. The third-order valence-electron chi connectivity index (χ3n) is 3.36. The number of aromatic nitrogens is 2. The Hall–Kier alpha value is -0.830. The van der Waals surface area contributed by atoms with Crippen LogP contribution in [-0.2, 0) is 7.05 Å². The topological polar surface area (TPSA) is 29.9 Å². The molecule has 78 valence electrons. The van der Waals surface area contributed by atoms with Crippen LogP contribution < -0.4 is 5.32 Å². The molecule has 2 rings (SSSR count). The summed E-state index contributed by atoms with van der Waals surface area (Å²) in [7, 11) is 2.01. The van der Waals surface area contributed by atoms with Crippen molar-refractivity contribution in [2.45, 2.75) is 26.7 Å². The third-order valence-corrected chi connectivity index (χ3v) is 3.36. The van der Waals surface area contributed by atoms with Gasteiger partial charge in [0, 0.05) is 31.7 Å². The lowest BCUT2D eigenvalue weighted by molar-refractivity contribution is 0.356. The maximum absolute atomic E-state index is 4.56. The van der Waals surface area contributed by atoms with E-state index in [9.17, 15) is 0 Å². The number of hydrogen-bond acceptors (Lipinski definition) is 2. The average molecular weight is 193 g/mol. The predicted molar refractivity (Wildman–Crippen MR) is 57.3 cm³/mol. The molecule has 0 amide bonds. The normalized spacial score (nSPS) is 25.6. The van der Waals surface area contributed by atoms with Crippen LogP contribution in [0.2, 0.25) is 0 Å². The summed E-state index contributed by atoms with van der Waals surface area (Å²) in [6, 6.07) is 2.21. The molecule has 0 aliphatic carbocycles. The van der Waals surface area contributed by atoms with Gasteiger partial charge in [0.1, 0.15) is 0 Å². The largest absolute Gasteiger partial charge is 0.315 e. The van der Waals surface area contributed by atoms with Crippen LogP contribution in [0.3, 0.4) is 0 Å². The van der Waals surface area contributed by atoms with Crippen LogP contribution in [-0.4, -0.2) is 22.9 Å². The molecule has 1 fully saturated rings. The molecular weight excluding hydrogens is 174 g/mol. The van der Waals surface area contributed by atoms with E-state index < -0.39 is 0 Å². The zero-order valence-corrected chi connectivity index (χ0v) is 9.46. The molecule has 1 aromatic rings.